The molecule has 2 aromatic rings. The lowest BCUT2D eigenvalue weighted by molar-refractivity contribution is -0.138. The summed E-state index contributed by atoms with van der Waals surface area (Å²) in [4.78, 5) is 10.7. The summed E-state index contributed by atoms with van der Waals surface area (Å²) in [6.45, 7) is 2.23. The van der Waals surface area contributed by atoms with E-state index in [1.54, 1.807) is 22.6 Å². The third-order valence-electron chi connectivity index (χ3n) is 2.91. The molecule has 0 spiro atoms. The van der Waals surface area contributed by atoms with E-state index < -0.39 is 12.0 Å². The molecule has 0 bridgehead atoms. The van der Waals surface area contributed by atoms with Crippen LogP contribution >= 0.6 is 11.6 Å². The van der Waals surface area contributed by atoms with Crippen molar-refractivity contribution in [3.05, 3.63) is 28.3 Å². The van der Waals surface area contributed by atoms with Gasteiger partial charge in [-0.3, -0.25) is 9.48 Å². The molecular weight excluding hydrogens is 284 g/mol. The third-order valence-corrected chi connectivity index (χ3v) is 3.40. The molecule has 108 valence electrons. The second-order valence-corrected chi connectivity index (χ2v) is 4.90. The van der Waals surface area contributed by atoms with Crippen LogP contribution in [0.1, 0.15) is 17.1 Å². The van der Waals surface area contributed by atoms with E-state index in [4.69, 9.17) is 22.4 Å². The zero-order valence-corrected chi connectivity index (χ0v) is 11.9. The molecule has 0 aliphatic carbocycles. The predicted molar refractivity (Wildman–Crippen MR) is 71.4 cm³/mol. The van der Waals surface area contributed by atoms with E-state index in [1.165, 1.54) is 0 Å². The first-order valence-corrected chi connectivity index (χ1v) is 6.31. The second-order valence-electron chi connectivity index (χ2n) is 4.53. The van der Waals surface area contributed by atoms with Gasteiger partial charge in [-0.1, -0.05) is 16.8 Å². The van der Waals surface area contributed by atoms with Gasteiger partial charge in [-0.15, -0.1) is 5.10 Å². The molecule has 8 nitrogen and oxygen atoms in total. The molecule has 2 heterocycles. The fraction of sp³-hybridized carbons (Fsp3) is 0.455. The second kappa shape index (κ2) is 5.59. The van der Waals surface area contributed by atoms with Gasteiger partial charge in [0.2, 0.25) is 0 Å². The fourth-order valence-electron chi connectivity index (χ4n) is 1.83. The van der Waals surface area contributed by atoms with Gasteiger partial charge in [-0.25, -0.2) is 4.68 Å². The van der Waals surface area contributed by atoms with Crippen LogP contribution in [0.4, 0.5) is 0 Å². The van der Waals surface area contributed by atoms with Crippen LogP contribution in [0.15, 0.2) is 6.20 Å². The fourth-order valence-corrected chi connectivity index (χ4v) is 2.05. The number of carboxylic acid groups (broad SMARTS) is 1. The topological polar surface area (TPSA) is 112 Å². The zero-order valence-electron chi connectivity index (χ0n) is 11.1. The number of halogens is 1. The predicted octanol–water partition coefficient (Wildman–Crippen LogP) is -0.0239. The van der Waals surface area contributed by atoms with Gasteiger partial charge < -0.3 is 10.8 Å². The minimum absolute atomic E-state index is 0.132. The molecular formula is C11H15ClN6O2. The number of hydrogen-bond acceptors (Lipinski definition) is 5. The van der Waals surface area contributed by atoms with Crippen LogP contribution in [0.5, 0.6) is 0 Å². The molecule has 0 aliphatic heterocycles. The summed E-state index contributed by atoms with van der Waals surface area (Å²) in [5, 5.41) is 21.4. The summed E-state index contributed by atoms with van der Waals surface area (Å²) in [5.41, 5.74) is 7.53. The molecule has 0 saturated heterocycles. The lowest BCUT2D eigenvalue weighted by Crippen LogP contribution is -2.32. The van der Waals surface area contributed by atoms with Crippen molar-refractivity contribution >= 4 is 17.6 Å². The van der Waals surface area contributed by atoms with Crippen molar-refractivity contribution in [3.8, 4) is 0 Å². The Balaban J connectivity index is 2.12. The summed E-state index contributed by atoms with van der Waals surface area (Å²) in [5.74, 6) is -1.06. The smallest absolute Gasteiger partial charge is 0.320 e. The lowest BCUT2D eigenvalue weighted by Gasteiger charge is -2.03. The molecule has 0 aliphatic rings. The number of carboxylic acids is 1. The van der Waals surface area contributed by atoms with Gasteiger partial charge in [0.05, 0.1) is 28.6 Å². The highest BCUT2D eigenvalue weighted by Crippen LogP contribution is 2.20. The van der Waals surface area contributed by atoms with Crippen LogP contribution in [-0.2, 0) is 24.8 Å². The van der Waals surface area contributed by atoms with Crippen molar-refractivity contribution in [1.82, 2.24) is 24.8 Å². The Morgan fingerprint density at radius 2 is 2.30 bits per heavy atom. The summed E-state index contributed by atoms with van der Waals surface area (Å²) in [6.07, 6.45) is 1.79. The van der Waals surface area contributed by atoms with Gasteiger partial charge in [-0.05, 0) is 6.92 Å². The molecule has 0 radical (unpaired) electrons. The Kier molecular flexibility index (Phi) is 4.05. The highest BCUT2D eigenvalue weighted by molar-refractivity contribution is 6.31. The molecule has 9 heteroatoms. The molecule has 3 N–H and O–H groups in total. The van der Waals surface area contributed by atoms with Crippen LogP contribution in [0, 0.1) is 6.92 Å². The quantitative estimate of drug-likeness (QED) is 0.802. The van der Waals surface area contributed by atoms with E-state index in [1.807, 2.05) is 6.92 Å². The zero-order chi connectivity index (χ0) is 14.9. The Bertz CT molecular complexity index is 635. The van der Waals surface area contributed by atoms with E-state index in [-0.39, 0.29) is 6.42 Å². The largest absolute Gasteiger partial charge is 0.480 e. The van der Waals surface area contributed by atoms with E-state index in [9.17, 15) is 4.79 Å². The first-order valence-electron chi connectivity index (χ1n) is 5.94. The first-order chi connectivity index (χ1) is 9.38. The summed E-state index contributed by atoms with van der Waals surface area (Å²) >= 11 is 6.15. The highest BCUT2D eigenvalue weighted by Gasteiger charge is 2.16. The minimum atomic E-state index is -1.06. The Labute approximate surface area is 120 Å². The monoisotopic (exact) mass is 298 g/mol. The van der Waals surface area contributed by atoms with Crippen molar-refractivity contribution in [2.45, 2.75) is 25.9 Å². The molecule has 2 aromatic heterocycles. The van der Waals surface area contributed by atoms with E-state index >= 15 is 0 Å². The van der Waals surface area contributed by atoms with Crippen molar-refractivity contribution in [3.63, 3.8) is 0 Å². The molecule has 0 amide bonds. The molecule has 1 unspecified atom stereocenters. The van der Waals surface area contributed by atoms with Gasteiger partial charge >= 0.3 is 5.97 Å². The number of rotatable bonds is 5. The maximum Gasteiger partial charge on any atom is 0.320 e. The van der Waals surface area contributed by atoms with Crippen molar-refractivity contribution in [2.24, 2.45) is 12.8 Å². The maximum absolute atomic E-state index is 10.7. The Morgan fingerprint density at radius 1 is 1.60 bits per heavy atom. The number of aliphatic carboxylic acids is 1. The van der Waals surface area contributed by atoms with Crippen molar-refractivity contribution in [1.29, 1.82) is 0 Å². The van der Waals surface area contributed by atoms with Gasteiger partial charge in [0.15, 0.2) is 0 Å². The highest BCUT2D eigenvalue weighted by atomic mass is 35.5. The number of aryl methyl sites for hydroxylation is 2. The van der Waals surface area contributed by atoms with Crippen molar-refractivity contribution in [2.75, 3.05) is 0 Å². The van der Waals surface area contributed by atoms with Gasteiger partial charge in [0.25, 0.3) is 0 Å². The maximum atomic E-state index is 10.7. The Hall–Kier alpha value is -1.93. The Morgan fingerprint density at radius 3 is 2.85 bits per heavy atom. The molecule has 0 aromatic carbocycles. The minimum Gasteiger partial charge on any atom is -0.480 e. The van der Waals surface area contributed by atoms with E-state index in [0.29, 0.717) is 17.3 Å². The van der Waals surface area contributed by atoms with Gasteiger partial charge in [0.1, 0.15) is 6.04 Å². The normalized spacial score (nSPS) is 12.6. The van der Waals surface area contributed by atoms with Crippen LogP contribution in [0.2, 0.25) is 5.02 Å². The lowest BCUT2D eigenvalue weighted by atomic mass is 10.2. The number of hydrogen-bond donors (Lipinski definition) is 2. The number of aromatic nitrogens is 5. The average Bonchev–Trinajstić information content (AvgIpc) is 2.90. The molecule has 0 fully saturated rings. The third kappa shape index (κ3) is 2.97. The standard InChI is InChI=1S/C11H15ClN6O2/c1-6-10(12)9(17(2)15-6)5-18-4-7(14-16-18)3-8(13)11(19)20/h4,8H,3,5,13H2,1-2H3,(H,19,20). The van der Waals surface area contributed by atoms with Crippen LogP contribution in [0.3, 0.4) is 0 Å². The van der Waals surface area contributed by atoms with Gasteiger partial charge in [0, 0.05) is 19.7 Å². The molecule has 2 rings (SSSR count). The summed E-state index contributed by atoms with van der Waals surface area (Å²) < 4.78 is 3.26. The SMILES string of the molecule is Cc1nn(C)c(Cn2cc(CC(N)C(=O)O)nn2)c1Cl. The van der Waals surface area contributed by atoms with Crippen LogP contribution in [0.25, 0.3) is 0 Å². The number of nitrogens with two attached hydrogens (primary N) is 1. The van der Waals surface area contributed by atoms with E-state index in [0.717, 1.165) is 11.4 Å². The van der Waals surface area contributed by atoms with E-state index in [2.05, 4.69) is 15.4 Å². The molecule has 1 atom stereocenters. The first kappa shape index (κ1) is 14.5. The summed E-state index contributed by atoms with van der Waals surface area (Å²) in [7, 11) is 1.80. The van der Waals surface area contributed by atoms with Crippen molar-refractivity contribution < 1.29 is 9.90 Å². The number of nitrogens with zero attached hydrogens (tertiary/aromatic N) is 5. The number of carbonyl (C=O) groups is 1. The average molecular weight is 299 g/mol. The molecule has 0 saturated carbocycles. The summed E-state index contributed by atoms with van der Waals surface area (Å²) in [6, 6.07) is -0.984. The van der Waals surface area contributed by atoms with Crippen LogP contribution < -0.4 is 5.73 Å². The van der Waals surface area contributed by atoms with Crippen LogP contribution in [-0.4, -0.2) is 41.9 Å². The molecule has 20 heavy (non-hydrogen) atoms. The van der Waals surface area contributed by atoms with Gasteiger partial charge in [-0.2, -0.15) is 5.10 Å².